The van der Waals surface area contributed by atoms with E-state index in [9.17, 15) is 14.9 Å². The molecule has 1 amide bonds. The van der Waals surface area contributed by atoms with E-state index >= 15 is 0 Å². The molecule has 0 aromatic rings. The number of nitro groups is 1. The fourth-order valence-electron chi connectivity index (χ4n) is 3.27. The second kappa shape index (κ2) is 57.6. The van der Waals surface area contributed by atoms with Crippen molar-refractivity contribution in [2.24, 2.45) is 35.0 Å². The Kier molecular flexibility index (Phi) is 71.7. The minimum absolute atomic E-state index is 0.0498. The van der Waals surface area contributed by atoms with E-state index in [-0.39, 0.29) is 23.8 Å². The van der Waals surface area contributed by atoms with Crippen LogP contribution in [0.15, 0.2) is 35.4 Å². The van der Waals surface area contributed by atoms with Crippen molar-refractivity contribution >= 4 is 6.09 Å². The standard InChI is InChI=1S/C11H24.C9H19NO2.C8H18.C6H3NO2.C5H12O.C4H10O.C4H10.C3H8O.C2H6/c1-5-7-11(4)9-8-10(3)6-2;1-7(2)6-10-8(11)12-9(3,4)5;1-4-5-6-7-8(2)3;8-7(9)6-4-2-1-3-5-6;1-5(2,3)4-6;1-4(2)3-5;1-3-4-2;1-2-3-4;1-2/h10-11H,5-9H2,1-4H3;7H,6H2,1-5H3,(H,10,11);8H,4-7H2,1-3H3;2,4-5H;6H,4H2,1-3H3;4-5H,3H2,1-2H3;3-4H2,1-2H3;4H,2-3H2,1H3;1-2H3. The molecular weight excluding hydrogens is 765 g/mol. The van der Waals surface area contributed by atoms with Crippen LogP contribution in [0.25, 0.3) is 0 Å². The summed E-state index contributed by atoms with van der Waals surface area (Å²) < 4.78 is 5.04. The molecule has 61 heavy (non-hydrogen) atoms. The average molecular weight is 875 g/mol. The molecule has 0 heterocycles. The largest absolute Gasteiger partial charge is 0.444 e. The van der Waals surface area contributed by atoms with Gasteiger partial charge in [-0.15, -0.1) is 0 Å². The molecule has 9 heteroatoms. The SMILES string of the molecule is CC.CC(C)(C)CO.CC(C)CNC(=O)OC(C)(C)C.CC(C)CO.CCCC.CCCC(C)CCC(C)CC.CCCCCC(C)C.CCCO.O=[N+]([O-])C1=CC=C=C=C1. The van der Waals surface area contributed by atoms with Gasteiger partial charge in [-0.25, -0.2) is 4.79 Å². The number of nitrogens with zero attached hydrogens (tertiary/aromatic N) is 1. The Morgan fingerprint density at radius 2 is 1.16 bits per heavy atom. The van der Waals surface area contributed by atoms with Gasteiger partial charge in [0, 0.05) is 32.4 Å². The second-order valence-corrected chi connectivity index (χ2v) is 18.6. The number of hydrogen-bond acceptors (Lipinski definition) is 7. The minimum Gasteiger partial charge on any atom is -0.444 e. The molecule has 4 N–H and O–H groups in total. The number of carbonyl (C=O) groups is 1. The first-order valence-corrected chi connectivity index (χ1v) is 24.1. The molecule has 0 saturated carbocycles. The van der Waals surface area contributed by atoms with Crippen molar-refractivity contribution < 1.29 is 29.8 Å². The van der Waals surface area contributed by atoms with Crippen LogP contribution in [0, 0.1) is 45.1 Å². The highest BCUT2D eigenvalue weighted by Gasteiger charge is 2.15. The molecule has 0 aromatic carbocycles. The molecule has 1 rings (SSSR count). The van der Waals surface area contributed by atoms with Crippen LogP contribution in [0.3, 0.4) is 0 Å². The van der Waals surface area contributed by atoms with E-state index in [4.69, 9.17) is 20.1 Å². The lowest BCUT2D eigenvalue weighted by Gasteiger charge is -2.20. The van der Waals surface area contributed by atoms with Gasteiger partial charge in [0.1, 0.15) is 5.60 Å². The van der Waals surface area contributed by atoms with Crippen LogP contribution in [0.2, 0.25) is 0 Å². The fraction of sp³-hybridized carbons (Fsp3) is 0.865. The van der Waals surface area contributed by atoms with Crippen LogP contribution in [0.5, 0.6) is 0 Å². The molecule has 2 atom stereocenters. The Morgan fingerprint density at radius 3 is 1.41 bits per heavy atom. The Hall–Kier alpha value is -2.41. The topological polar surface area (TPSA) is 142 Å². The van der Waals surface area contributed by atoms with Crippen molar-refractivity contribution in [2.75, 3.05) is 26.4 Å². The number of rotatable bonds is 16. The van der Waals surface area contributed by atoms with Gasteiger partial charge in [0.2, 0.25) is 0 Å². The van der Waals surface area contributed by atoms with E-state index in [0.717, 1.165) is 24.2 Å². The van der Waals surface area contributed by atoms with Gasteiger partial charge in [0.25, 0.3) is 5.70 Å². The number of aliphatic hydroxyl groups is 3. The molecular formula is C52H110N2O7. The number of carbonyl (C=O) groups excluding carboxylic acids is 1. The first-order chi connectivity index (χ1) is 28.2. The zero-order valence-electron chi connectivity index (χ0n) is 44.9. The zero-order chi connectivity index (χ0) is 49.9. The van der Waals surface area contributed by atoms with Crippen molar-refractivity contribution in [2.45, 2.75) is 235 Å². The van der Waals surface area contributed by atoms with Crippen molar-refractivity contribution in [1.82, 2.24) is 5.32 Å². The normalized spacial score (nSPS) is 11.6. The van der Waals surface area contributed by atoms with Crippen molar-refractivity contribution in [3.63, 3.8) is 0 Å². The summed E-state index contributed by atoms with van der Waals surface area (Å²) in [5, 5.41) is 37.1. The fourth-order valence-corrected chi connectivity index (χ4v) is 3.27. The number of alkyl carbamates (subject to hydrolysis) is 1. The van der Waals surface area contributed by atoms with E-state index in [0.29, 0.717) is 31.6 Å². The Morgan fingerprint density at radius 1 is 0.705 bits per heavy atom. The van der Waals surface area contributed by atoms with Gasteiger partial charge in [0.05, 0.1) is 11.0 Å². The van der Waals surface area contributed by atoms with Gasteiger partial charge in [-0.1, -0.05) is 214 Å². The highest BCUT2D eigenvalue weighted by Crippen LogP contribution is 2.18. The van der Waals surface area contributed by atoms with Gasteiger partial charge >= 0.3 is 6.09 Å². The number of allylic oxidation sites excluding steroid dienone is 3. The quantitative estimate of drug-likeness (QED) is 0.0523. The smallest absolute Gasteiger partial charge is 0.407 e. The highest BCUT2D eigenvalue weighted by molar-refractivity contribution is 5.67. The van der Waals surface area contributed by atoms with Crippen molar-refractivity contribution in [3.05, 3.63) is 45.5 Å². The minimum atomic E-state index is -0.468. The number of unbranched alkanes of at least 4 members (excludes halogenated alkanes) is 3. The van der Waals surface area contributed by atoms with Gasteiger partial charge < -0.3 is 25.4 Å². The molecule has 1 aliphatic rings. The highest BCUT2D eigenvalue weighted by atomic mass is 16.6. The summed E-state index contributed by atoms with van der Waals surface area (Å²) in [5.74, 6) is 3.69. The summed E-state index contributed by atoms with van der Waals surface area (Å²) in [6, 6.07) is 0. The van der Waals surface area contributed by atoms with Crippen LogP contribution in [-0.4, -0.2) is 58.3 Å². The van der Waals surface area contributed by atoms with Gasteiger partial charge in [0.15, 0.2) is 0 Å². The molecule has 0 saturated heterocycles. The summed E-state index contributed by atoms with van der Waals surface area (Å²) in [7, 11) is 0. The van der Waals surface area contributed by atoms with Crippen LogP contribution in [0.4, 0.5) is 4.79 Å². The van der Waals surface area contributed by atoms with Gasteiger partial charge in [-0.05, 0) is 68.3 Å². The Labute approximate surface area is 381 Å². The Bertz CT molecular complexity index is 988. The lowest BCUT2D eigenvalue weighted by molar-refractivity contribution is -0.419. The molecule has 0 radical (unpaired) electrons. The Balaban J connectivity index is -0.0000000896. The number of hydrogen-bond donors (Lipinski definition) is 4. The van der Waals surface area contributed by atoms with Crippen molar-refractivity contribution in [1.29, 1.82) is 0 Å². The van der Waals surface area contributed by atoms with E-state index in [1.165, 1.54) is 88.9 Å². The number of aliphatic hydroxyl groups excluding tert-OH is 3. The van der Waals surface area contributed by atoms with Crippen LogP contribution < -0.4 is 5.32 Å². The van der Waals surface area contributed by atoms with E-state index < -0.39 is 10.5 Å². The van der Waals surface area contributed by atoms with Crippen LogP contribution in [-0.2, 0) is 4.74 Å². The molecule has 0 aromatic heterocycles. The maximum absolute atomic E-state index is 11.0. The molecule has 0 bridgehead atoms. The average Bonchev–Trinajstić information content (AvgIpc) is 3.20. The third-order valence-electron chi connectivity index (χ3n) is 7.48. The molecule has 9 nitrogen and oxygen atoms in total. The third kappa shape index (κ3) is 103. The molecule has 370 valence electrons. The molecule has 0 aliphatic heterocycles. The summed E-state index contributed by atoms with van der Waals surface area (Å²) in [6.07, 6.45) is 19.9. The number of amides is 1. The lowest BCUT2D eigenvalue weighted by Crippen LogP contribution is -2.34. The third-order valence-corrected chi connectivity index (χ3v) is 7.48. The predicted molar refractivity (Wildman–Crippen MR) is 270 cm³/mol. The summed E-state index contributed by atoms with van der Waals surface area (Å²) in [5.41, 5.74) is 4.78. The maximum Gasteiger partial charge on any atom is 0.407 e. The molecule has 0 fully saturated rings. The first kappa shape index (κ1) is 75.9. The summed E-state index contributed by atoms with van der Waals surface area (Å²) >= 11 is 0. The molecule has 1 aliphatic carbocycles. The lowest BCUT2D eigenvalue weighted by atomic mass is 9.94. The van der Waals surface area contributed by atoms with Gasteiger partial charge in [-0.3, -0.25) is 10.1 Å². The summed E-state index contributed by atoms with van der Waals surface area (Å²) in [4.78, 5) is 20.5. The second-order valence-electron chi connectivity index (χ2n) is 18.6. The number of nitrogens with one attached hydrogen (secondary N) is 1. The summed E-state index contributed by atoms with van der Waals surface area (Å²) in [6.45, 7) is 47.5. The monoisotopic (exact) mass is 875 g/mol. The molecule has 2 unspecified atom stereocenters. The predicted octanol–water partition coefficient (Wildman–Crippen LogP) is 15.5. The van der Waals surface area contributed by atoms with E-state index in [1.807, 2.05) is 90.0 Å². The first-order valence-electron chi connectivity index (χ1n) is 24.1. The zero-order valence-corrected chi connectivity index (χ0v) is 44.9. The van der Waals surface area contributed by atoms with Gasteiger partial charge in [-0.2, -0.15) is 0 Å². The molecule has 0 spiro atoms. The maximum atomic E-state index is 11.0. The van der Waals surface area contributed by atoms with Crippen LogP contribution in [0.1, 0.15) is 229 Å². The number of ether oxygens (including phenoxy) is 1. The van der Waals surface area contributed by atoms with E-state index in [1.54, 1.807) is 0 Å². The van der Waals surface area contributed by atoms with Crippen LogP contribution >= 0.6 is 0 Å². The van der Waals surface area contributed by atoms with Crippen molar-refractivity contribution in [3.8, 4) is 0 Å². The van der Waals surface area contributed by atoms with E-state index in [2.05, 4.69) is 79.1 Å².